The first-order chi connectivity index (χ1) is 8.85. The number of carbonyl (C=O) groups is 1. The van der Waals surface area contributed by atoms with Gasteiger partial charge in [-0.2, -0.15) is 9.78 Å². The third kappa shape index (κ3) is 3.31. The summed E-state index contributed by atoms with van der Waals surface area (Å²) in [6.07, 6.45) is 4.19. The summed E-state index contributed by atoms with van der Waals surface area (Å²) in [6, 6.07) is 3.41. The zero-order chi connectivity index (χ0) is 14.0. The minimum atomic E-state index is -0.557. The van der Waals surface area contributed by atoms with E-state index in [0.29, 0.717) is 16.9 Å². The molecule has 0 atom stereocenters. The molecular weight excluding hydrogens is 244 g/mol. The van der Waals surface area contributed by atoms with Crippen LogP contribution >= 0.6 is 0 Å². The van der Waals surface area contributed by atoms with E-state index in [1.54, 1.807) is 51.5 Å². The van der Waals surface area contributed by atoms with Crippen molar-refractivity contribution in [2.75, 3.05) is 5.73 Å². The van der Waals surface area contributed by atoms with Gasteiger partial charge in [-0.1, -0.05) is 0 Å². The third-order valence-corrected chi connectivity index (χ3v) is 2.24. The Morgan fingerprint density at radius 2 is 2.16 bits per heavy atom. The van der Waals surface area contributed by atoms with E-state index in [4.69, 9.17) is 10.5 Å². The zero-order valence-corrected chi connectivity index (χ0v) is 11.1. The van der Waals surface area contributed by atoms with E-state index in [1.165, 1.54) is 0 Å². The van der Waals surface area contributed by atoms with Crippen LogP contribution in [0.15, 0.2) is 30.7 Å². The Kier molecular flexibility index (Phi) is 3.25. The maximum Gasteiger partial charge on any atom is 0.435 e. The summed E-state index contributed by atoms with van der Waals surface area (Å²) >= 11 is 0. The van der Waals surface area contributed by atoms with Gasteiger partial charge in [0.2, 0.25) is 0 Å². The Morgan fingerprint density at radius 1 is 1.42 bits per heavy atom. The van der Waals surface area contributed by atoms with Crippen molar-refractivity contribution in [1.82, 2.24) is 14.8 Å². The predicted octanol–water partition coefficient (Wildman–Crippen LogP) is 2.31. The number of nitrogen functional groups attached to an aromatic ring is 1. The Labute approximate surface area is 111 Å². The van der Waals surface area contributed by atoms with Gasteiger partial charge in [-0.15, -0.1) is 0 Å². The molecule has 0 radical (unpaired) electrons. The van der Waals surface area contributed by atoms with Gasteiger partial charge in [0.05, 0.1) is 11.9 Å². The normalized spacial score (nSPS) is 11.3. The number of carbonyl (C=O) groups excluding carboxylic acids is 1. The highest BCUT2D eigenvalue weighted by Crippen LogP contribution is 2.18. The summed E-state index contributed by atoms with van der Waals surface area (Å²) in [5, 5.41) is 3.97. The molecule has 0 bridgehead atoms. The smallest absolute Gasteiger partial charge is 0.435 e. The molecule has 0 spiro atoms. The van der Waals surface area contributed by atoms with E-state index in [9.17, 15) is 4.79 Å². The van der Waals surface area contributed by atoms with Crippen LogP contribution in [0.5, 0.6) is 0 Å². The minimum Gasteiger partial charge on any atom is -0.442 e. The van der Waals surface area contributed by atoms with Gasteiger partial charge in [0.25, 0.3) is 0 Å². The Hall–Kier alpha value is -2.37. The molecule has 2 N–H and O–H groups in total. The number of hydrogen-bond donors (Lipinski definition) is 1. The van der Waals surface area contributed by atoms with Crippen LogP contribution in [0.2, 0.25) is 0 Å². The van der Waals surface area contributed by atoms with Crippen molar-refractivity contribution in [3.05, 3.63) is 30.7 Å². The van der Waals surface area contributed by atoms with Crippen molar-refractivity contribution in [1.29, 1.82) is 0 Å². The molecule has 0 aliphatic carbocycles. The second-order valence-corrected chi connectivity index (χ2v) is 5.13. The van der Waals surface area contributed by atoms with Gasteiger partial charge in [-0.3, -0.25) is 4.98 Å². The molecule has 0 unspecified atom stereocenters. The van der Waals surface area contributed by atoms with Gasteiger partial charge in [-0.25, -0.2) is 4.79 Å². The molecule has 0 saturated carbocycles. The number of hydrogen-bond acceptors (Lipinski definition) is 5. The number of ether oxygens (including phenoxy) is 1. The van der Waals surface area contributed by atoms with Gasteiger partial charge in [0, 0.05) is 23.6 Å². The first-order valence-electron chi connectivity index (χ1n) is 5.85. The standard InChI is InChI=1S/C13H16N4O2/c1-13(2,3)19-12(18)17-8-9(7-16-17)11-6-10(14)4-5-15-11/h4-8H,1-3H3,(H2,14,15). The van der Waals surface area contributed by atoms with Crippen molar-refractivity contribution < 1.29 is 9.53 Å². The summed E-state index contributed by atoms with van der Waals surface area (Å²) in [4.78, 5) is 16.0. The lowest BCUT2D eigenvalue weighted by atomic mass is 10.2. The molecule has 2 heterocycles. The fraction of sp³-hybridized carbons (Fsp3) is 0.308. The summed E-state index contributed by atoms with van der Waals surface area (Å²) in [6.45, 7) is 5.40. The molecule has 2 aromatic rings. The van der Waals surface area contributed by atoms with Crippen molar-refractivity contribution in [2.24, 2.45) is 0 Å². The summed E-state index contributed by atoms with van der Waals surface area (Å²) < 4.78 is 6.36. The first-order valence-corrected chi connectivity index (χ1v) is 5.85. The molecule has 0 aromatic carbocycles. The van der Waals surface area contributed by atoms with E-state index in [-0.39, 0.29) is 0 Å². The number of rotatable bonds is 1. The lowest BCUT2D eigenvalue weighted by molar-refractivity contribution is 0.0514. The van der Waals surface area contributed by atoms with Gasteiger partial charge in [0.15, 0.2) is 0 Å². The average molecular weight is 260 g/mol. The topological polar surface area (TPSA) is 83.0 Å². The molecule has 0 saturated heterocycles. The predicted molar refractivity (Wildman–Crippen MR) is 71.5 cm³/mol. The van der Waals surface area contributed by atoms with Gasteiger partial charge in [0.1, 0.15) is 5.60 Å². The molecule has 0 aliphatic rings. The zero-order valence-electron chi connectivity index (χ0n) is 11.1. The number of nitrogens with two attached hydrogens (primary N) is 1. The Balaban J connectivity index is 2.22. The third-order valence-electron chi connectivity index (χ3n) is 2.24. The van der Waals surface area contributed by atoms with E-state index < -0.39 is 11.7 Å². The first kappa shape index (κ1) is 13.1. The fourth-order valence-electron chi connectivity index (χ4n) is 1.47. The Morgan fingerprint density at radius 3 is 2.79 bits per heavy atom. The van der Waals surface area contributed by atoms with Crippen molar-refractivity contribution in [3.63, 3.8) is 0 Å². The van der Waals surface area contributed by atoms with Gasteiger partial charge in [-0.05, 0) is 32.9 Å². The van der Waals surface area contributed by atoms with Gasteiger partial charge >= 0.3 is 6.09 Å². The molecule has 0 amide bonds. The minimum absolute atomic E-state index is 0.525. The number of aromatic nitrogens is 3. The van der Waals surface area contributed by atoms with Crippen LogP contribution in [0.4, 0.5) is 10.5 Å². The highest BCUT2D eigenvalue weighted by molar-refractivity contribution is 5.72. The fourth-order valence-corrected chi connectivity index (χ4v) is 1.47. The highest BCUT2D eigenvalue weighted by atomic mass is 16.6. The molecule has 0 fully saturated rings. The quantitative estimate of drug-likeness (QED) is 0.850. The summed E-state index contributed by atoms with van der Waals surface area (Å²) in [7, 11) is 0. The largest absolute Gasteiger partial charge is 0.442 e. The van der Waals surface area contributed by atoms with E-state index >= 15 is 0 Å². The van der Waals surface area contributed by atoms with Crippen molar-refractivity contribution >= 4 is 11.8 Å². The number of anilines is 1. The lowest BCUT2D eigenvalue weighted by Crippen LogP contribution is -2.27. The lowest BCUT2D eigenvalue weighted by Gasteiger charge is -2.18. The molecule has 6 heteroatoms. The van der Waals surface area contributed by atoms with E-state index in [0.717, 1.165) is 4.68 Å². The SMILES string of the molecule is CC(C)(C)OC(=O)n1cc(-c2cc(N)ccn2)cn1. The number of pyridine rings is 1. The van der Waals surface area contributed by atoms with E-state index in [2.05, 4.69) is 10.1 Å². The maximum atomic E-state index is 11.8. The molecule has 6 nitrogen and oxygen atoms in total. The van der Waals surface area contributed by atoms with Crippen LogP contribution in [0.25, 0.3) is 11.3 Å². The highest BCUT2D eigenvalue weighted by Gasteiger charge is 2.18. The second kappa shape index (κ2) is 4.72. The van der Waals surface area contributed by atoms with Crippen LogP contribution in [0, 0.1) is 0 Å². The molecule has 2 rings (SSSR count). The van der Waals surface area contributed by atoms with Gasteiger partial charge < -0.3 is 10.5 Å². The molecule has 0 aliphatic heterocycles. The average Bonchev–Trinajstić information content (AvgIpc) is 2.75. The van der Waals surface area contributed by atoms with Crippen LogP contribution < -0.4 is 5.73 Å². The second-order valence-electron chi connectivity index (χ2n) is 5.13. The maximum absolute atomic E-state index is 11.8. The van der Waals surface area contributed by atoms with Crippen LogP contribution in [-0.4, -0.2) is 26.5 Å². The summed E-state index contributed by atoms with van der Waals surface area (Å²) in [5.41, 5.74) is 7.11. The van der Waals surface area contributed by atoms with Crippen molar-refractivity contribution in [3.8, 4) is 11.3 Å². The molecular formula is C13H16N4O2. The van der Waals surface area contributed by atoms with Crippen molar-refractivity contribution in [2.45, 2.75) is 26.4 Å². The molecule has 100 valence electrons. The molecule has 19 heavy (non-hydrogen) atoms. The number of nitrogens with zero attached hydrogens (tertiary/aromatic N) is 3. The van der Waals surface area contributed by atoms with Crippen LogP contribution in [0.1, 0.15) is 20.8 Å². The van der Waals surface area contributed by atoms with E-state index in [1.807, 2.05) is 0 Å². The molecule has 2 aromatic heterocycles. The Bertz CT molecular complexity index is 599. The monoisotopic (exact) mass is 260 g/mol. The van der Waals surface area contributed by atoms with Crippen LogP contribution in [-0.2, 0) is 4.74 Å². The summed E-state index contributed by atoms with van der Waals surface area (Å²) in [5.74, 6) is 0. The van der Waals surface area contributed by atoms with Crippen LogP contribution in [0.3, 0.4) is 0 Å².